The van der Waals surface area contributed by atoms with Crippen LogP contribution in [0, 0.1) is 11.8 Å². The molecule has 6 aromatic rings. The number of likely N-dealkylation sites (tertiary alicyclic amines) is 2. The lowest BCUT2D eigenvalue weighted by Gasteiger charge is -2.35. The van der Waals surface area contributed by atoms with Crippen molar-refractivity contribution >= 4 is 46.1 Å². The van der Waals surface area contributed by atoms with E-state index < -0.39 is 24.3 Å². The summed E-state index contributed by atoms with van der Waals surface area (Å²) in [5, 5.41) is 5.59. The van der Waals surface area contributed by atoms with Gasteiger partial charge in [-0.25, -0.2) is 19.6 Å². The molecule has 16 heteroatoms. The summed E-state index contributed by atoms with van der Waals surface area (Å²) < 4.78 is 20.6. The van der Waals surface area contributed by atoms with Crippen molar-refractivity contribution in [1.82, 2.24) is 40.4 Å². The number of carbonyl (C=O) groups is 4. The third-order valence-corrected chi connectivity index (χ3v) is 17.8. The van der Waals surface area contributed by atoms with Crippen LogP contribution in [0.5, 0.6) is 0 Å². The molecule has 77 heavy (non-hydrogen) atoms. The lowest BCUT2D eigenvalue weighted by Crippen LogP contribution is -2.52. The minimum atomic E-state index is -0.773. The van der Waals surface area contributed by atoms with Gasteiger partial charge in [0.1, 0.15) is 23.7 Å². The molecule has 4 bridgehead atoms. The zero-order valence-electron chi connectivity index (χ0n) is 45.2. The van der Waals surface area contributed by atoms with E-state index in [0.29, 0.717) is 37.9 Å². The highest BCUT2D eigenvalue weighted by Crippen LogP contribution is 2.48. The van der Waals surface area contributed by atoms with Gasteiger partial charge in [0.25, 0.3) is 0 Å². The van der Waals surface area contributed by atoms with Crippen molar-refractivity contribution in [3.63, 3.8) is 0 Å². The summed E-state index contributed by atoms with van der Waals surface area (Å²) >= 11 is 0. The number of hydrogen-bond acceptors (Lipinski definition) is 10. The van der Waals surface area contributed by atoms with E-state index in [1.54, 1.807) is 14.2 Å². The lowest BCUT2D eigenvalue weighted by molar-refractivity contribution is -0.138. The van der Waals surface area contributed by atoms with E-state index in [1.165, 1.54) is 47.6 Å². The largest absolute Gasteiger partial charge is 0.453 e. The maximum absolute atomic E-state index is 14.5. The first kappa shape index (κ1) is 52.3. The van der Waals surface area contributed by atoms with Crippen LogP contribution in [0.4, 0.5) is 9.59 Å². The molecule has 4 heterocycles. The number of benzene rings is 4. The molecule has 9 unspecified atom stereocenters. The molecule has 406 valence electrons. The molecule has 2 saturated carbocycles. The van der Waals surface area contributed by atoms with Crippen LogP contribution in [0.25, 0.3) is 44.3 Å². The minimum absolute atomic E-state index is 0.0810. The van der Waals surface area contributed by atoms with Gasteiger partial charge in [0, 0.05) is 52.4 Å². The zero-order chi connectivity index (χ0) is 53.3. The van der Waals surface area contributed by atoms with Crippen molar-refractivity contribution in [1.29, 1.82) is 0 Å². The fourth-order valence-corrected chi connectivity index (χ4v) is 13.8. The van der Waals surface area contributed by atoms with Gasteiger partial charge >= 0.3 is 12.2 Å². The topological polar surface area (TPSA) is 193 Å². The number of aryl methyl sites for hydroxylation is 2. The van der Waals surface area contributed by atoms with Crippen molar-refractivity contribution in [2.45, 2.75) is 145 Å². The maximum atomic E-state index is 14.5. The van der Waals surface area contributed by atoms with Gasteiger partial charge in [-0.2, -0.15) is 0 Å². The van der Waals surface area contributed by atoms with E-state index in [-0.39, 0.29) is 41.9 Å². The monoisotopic (exact) mass is 1050 g/mol. The van der Waals surface area contributed by atoms with Gasteiger partial charge < -0.3 is 49.3 Å². The molecule has 2 aromatic heterocycles. The summed E-state index contributed by atoms with van der Waals surface area (Å²) in [6.45, 7) is 2.97. The van der Waals surface area contributed by atoms with E-state index in [2.05, 4.69) is 100 Å². The molecule has 4 amide bonds. The Hall–Kier alpha value is -6.78. The molecule has 2 saturated heterocycles. The van der Waals surface area contributed by atoms with Crippen molar-refractivity contribution in [2.24, 2.45) is 11.8 Å². The van der Waals surface area contributed by atoms with E-state index in [4.69, 9.17) is 28.9 Å². The second kappa shape index (κ2) is 22.7. The first-order valence-electron chi connectivity index (χ1n) is 28.1. The molecule has 4 fully saturated rings. The van der Waals surface area contributed by atoms with Gasteiger partial charge in [0.2, 0.25) is 11.8 Å². The third kappa shape index (κ3) is 10.5. The molecule has 14 rings (SSSR count). The van der Waals surface area contributed by atoms with E-state index in [1.807, 2.05) is 9.80 Å². The van der Waals surface area contributed by atoms with Crippen molar-refractivity contribution in [2.75, 3.05) is 41.7 Å². The van der Waals surface area contributed by atoms with E-state index in [0.717, 1.165) is 128 Å². The summed E-state index contributed by atoms with van der Waals surface area (Å²) in [5.41, 5.74) is 13.3. The molecule has 2 aliphatic heterocycles. The van der Waals surface area contributed by atoms with E-state index >= 15 is 0 Å². The second-order valence-electron chi connectivity index (χ2n) is 22.4. The predicted molar refractivity (Wildman–Crippen MR) is 294 cm³/mol. The van der Waals surface area contributed by atoms with Gasteiger partial charge in [0.15, 0.2) is 0 Å². The summed E-state index contributed by atoms with van der Waals surface area (Å²) in [4.78, 5) is 75.7. The number of fused-ring (bicyclic) bond motifs is 4. The lowest BCUT2D eigenvalue weighted by atomic mass is 9.84. The Kier molecular flexibility index (Phi) is 15.4. The summed E-state index contributed by atoms with van der Waals surface area (Å²) in [5.74, 6) is 2.27. The highest BCUT2D eigenvalue weighted by molar-refractivity contribution is 5.89. The Bertz CT molecular complexity index is 3150. The Balaban J connectivity index is 0.855. The van der Waals surface area contributed by atoms with Gasteiger partial charge in [-0.15, -0.1) is 0 Å². The van der Waals surface area contributed by atoms with Crippen LogP contribution >= 0.6 is 0 Å². The first-order valence-corrected chi connectivity index (χ1v) is 28.1. The number of methoxy groups -OCH3 is 4. The van der Waals surface area contributed by atoms with Crippen LogP contribution < -0.4 is 10.6 Å². The first-order chi connectivity index (χ1) is 37.5. The Morgan fingerprint density at radius 1 is 0.610 bits per heavy atom. The number of imidazole rings is 2. The summed E-state index contributed by atoms with van der Waals surface area (Å²) in [7, 11) is 5.82. The number of alkyl carbamates (subject to hydrolysis) is 2. The number of hydrogen-bond donors (Lipinski definition) is 4. The number of ether oxygens (including phenoxy) is 4. The fraction of sp³-hybridized carbons (Fsp3) is 0.508. The molecule has 4 aromatic carbocycles. The van der Waals surface area contributed by atoms with Gasteiger partial charge in [-0.1, -0.05) is 81.1 Å². The molecular formula is C61H74N8O8. The zero-order valence-corrected chi connectivity index (χ0v) is 45.2. The molecule has 0 spiro atoms. The Labute approximate surface area is 450 Å². The SMILES string of the molecule is COCCC(NC(=O)OC)C(=O)N1C(c2nc3ccc(-c4cc5ccc4CCc4ccc(c(-c6ccc7nc(C8CC9CCCCC9N8C(=O)C(CCOC)NC(=O)OC)[nH]c7c6)c4)CC5C)cc3[nH]2)CC2CCCCC21. The van der Waals surface area contributed by atoms with Crippen LogP contribution in [0.3, 0.4) is 0 Å². The number of rotatable bonds is 14. The fourth-order valence-electron chi connectivity index (χ4n) is 13.8. The van der Waals surface area contributed by atoms with Crippen LogP contribution in [-0.4, -0.2) is 120 Å². The maximum Gasteiger partial charge on any atom is 0.407 e. The Morgan fingerprint density at radius 3 is 1.64 bits per heavy atom. The summed E-state index contributed by atoms with van der Waals surface area (Å²) in [6.07, 6.45) is 12.0. The summed E-state index contributed by atoms with van der Waals surface area (Å²) in [6, 6.07) is 25.1. The molecule has 9 atom stereocenters. The highest BCUT2D eigenvalue weighted by Gasteiger charge is 2.49. The molecule has 8 aliphatic rings. The number of amides is 4. The normalized spacial score (nSPS) is 23.7. The molecule has 6 aliphatic carbocycles. The third-order valence-electron chi connectivity index (χ3n) is 17.8. The Morgan fingerprint density at radius 2 is 1.12 bits per heavy atom. The average Bonchev–Trinajstić information content (AvgIpc) is 4.26. The number of aromatic nitrogens is 4. The van der Waals surface area contributed by atoms with Crippen LogP contribution in [0.1, 0.15) is 136 Å². The number of carbonyl (C=O) groups excluding carboxylic acids is 4. The van der Waals surface area contributed by atoms with Crippen LogP contribution in [-0.2, 0) is 47.8 Å². The number of aromatic amines is 2. The van der Waals surface area contributed by atoms with Gasteiger partial charge in [-0.05, 0) is 144 Å². The number of H-pyrrole nitrogens is 2. The van der Waals surface area contributed by atoms with Gasteiger partial charge in [0.05, 0.1) is 48.4 Å². The van der Waals surface area contributed by atoms with Crippen LogP contribution in [0.2, 0.25) is 0 Å². The molecular weight excluding hydrogens is 973 g/mol. The highest BCUT2D eigenvalue weighted by atomic mass is 16.5. The standard InChI is InChI=1S/C61H74N8O8/c1-35-28-39-17-15-36(29-44(39)40-20-22-46-50(31-40)64-56(62-46)54-33-42-10-6-8-12-52(42)68(54)58(70)48(24-26-74-2)66-60(72)76-4)14-16-37-18-19-38(35)30-45(37)41-21-23-47-51(32-41)65-57(63-47)55-34-43-11-7-9-13-53(43)69(55)59(71)49(25-27-75-3)67-61(73)77-5/h15,17-23,29-32,35,42-43,48-49,52-55H,6-14,16,24-28,33-34H2,1-5H3,(H,62,64)(H,63,65)(H,66,72)(H,67,73). The van der Waals surface area contributed by atoms with Crippen molar-refractivity contribution < 1.29 is 38.1 Å². The van der Waals surface area contributed by atoms with Gasteiger partial charge in [-0.3, -0.25) is 9.59 Å². The smallest absolute Gasteiger partial charge is 0.407 e. The number of nitrogens with one attached hydrogen (secondary N) is 4. The van der Waals surface area contributed by atoms with E-state index in [9.17, 15) is 19.2 Å². The number of nitrogens with zero attached hydrogens (tertiary/aromatic N) is 4. The predicted octanol–water partition coefficient (Wildman–Crippen LogP) is 10.4. The molecule has 4 N–H and O–H groups in total. The van der Waals surface area contributed by atoms with Crippen molar-refractivity contribution in [3.05, 3.63) is 107 Å². The molecule has 0 radical (unpaired) electrons. The molecule has 16 nitrogen and oxygen atoms in total. The quantitative estimate of drug-likeness (QED) is 0.0816. The minimum Gasteiger partial charge on any atom is -0.453 e. The average molecular weight is 1050 g/mol. The van der Waals surface area contributed by atoms with Crippen molar-refractivity contribution in [3.8, 4) is 22.3 Å². The van der Waals surface area contributed by atoms with Crippen LogP contribution in [0.15, 0.2) is 72.8 Å². The second-order valence-corrected chi connectivity index (χ2v) is 22.4.